The molecule has 0 aliphatic carbocycles. The molecule has 2 atom stereocenters. The molecule has 1 aliphatic rings. The lowest BCUT2D eigenvalue weighted by Crippen LogP contribution is -2.31. The van der Waals surface area contributed by atoms with Crippen molar-refractivity contribution in [3.05, 3.63) is 17.9 Å². The molecular weight excluding hydrogens is 202 g/mol. The number of aromatic carboxylic acids is 1. The van der Waals surface area contributed by atoms with Gasteiger partial charge < -0.3 is 24.7 Å². The average molecular weight is 213 g/mol. The van der Waals surface area contributed by atoms with Gasteiger partial charge in [0.25, 0.3) is 0 Å². The molecule has 0 aromatic carbocycles. The van der Waals surface area contributed by atoms with E-state index in [9.17, 15) is 9.90 Å². The zero-order valence-corrected chi connectivity index (χ0v) is 7.84. The van der Waals surface area contributed by atoms with Crippen LogP contribution in [0.2, 0.25) is 0 Å². The third-order valence-corrected chi connectivity index (χ3v) is 2.19. The number of carbonyl (C=O) groups is 1. The summed E-state index contributed by atoms with van der Waals surface area (Å²) in [5.74, 6) is -0.931. The molecule has 0 spiro atoms. The van der Waals surface area contributed by atoms with Crippen molar-refractivity contribution in [2.24, 2.45) is 0 Å². The van der Waals surface area contributed by atoms with E-state index in [-0.39, 0.29) is 18.4 Å². The number of carboxylic acids is 1. The molecule has 2 unspecified atom stereocenters. The van der Waals surface area contributed by atoms with Gasteiger partial charge in [-0.05, 0) is 6.07 Å². The lowest BCUT2D eigenvalue weighted by atomic mass is 10.2. The van der Waals surface area contributed by atoms with Crippen molar-refractivity contribution in [2.75, 3.05) is 18.5 Å². The molecule has 6 nitrogen and oxygen atoms in total. The van der Waals surface area contributed by atoms with Crippen molar-refractivity contribution >= 4 is 11.9 Å². The molecular formula is C9H11NO5. The second kappa shape index (κ2) is 3.92. The van der Waals surface area contributed by atoms with E-state index >= 15 is 0 Å². The molecule has 1 aliphatic heterocycles. The van der Waals surface area contributed by atoms with E-state index in [0.717, 1.165) is 0 Å². The van der Waals surface area contributed by atoms with E-state index in [0.29, 0.717) is 12.5 Å². The molecule has 0 amide bonds. The van der Waals surface area contributed by atoms with Crippen molar-refractivity contribution < 1.29 is 24.2 Å². The lowest BCUT2D eigenvalue weighted by Gasteiger charge is -2.12. The normalized spacial score (nSPS) is 25.4. The monoisotopic (exact) mass is 213 g/mol. The van der Waals surface area contributed by atoms with E-state index in [1.807, 2.05) is 0 Å². The van der Waals surface area contributed by atoms with Crippen molar-refractivity contribution in [1.82, 2.24) is 0 Å². The highest BCUT2D eigenvalue weighted by Crippen LogP contribution is 2.17. The van der Waals surface area contributed by atoms with Gasteiger partial charge in [-0.25, -0.2) is 4.79 Å². The molecule has 1 saturated heterocycles. The molecule has 1 aromatic heterocycles. The Kier molecular flexibility index (Phi) is 2.61. The number of carboxylic acid groups (broad SMARTS) is 1. The van der Waals surface area contributed by atoms with Crippen molar-refractivity contribution in [1.29, 1.82) is 0 Å². The predicted octanol–water partition coefficient (Wildman–Crippen LogP) is 0.149. The zero-order valence-electron chi connectivity index (χ0n) is 7.84. The fourth-order valence-corrected chi connectivity index (χ4v) is 1.39. The van der Waals surface area contributed by atoms with Gasteiger partial charge in [0.1, 0.15) is 0 Å². The maximum atomic E-state index is 10.5. The Bertz CT molecular complexity index is 361. The molecule has 0 bridgehead atoms. The van der Waals surface area contributed by atoms with E-state index < -0.39 is 12.1 Å². The molecule has 1 aromatic rings. The highest BCUT2D eigenvalue weighted by atomic mass is 16.5. The van der Waals surface area contributed by atoms with Gasteiger partial charge in [-0.15, -0.1) is 0 Å². The molecule has 6 heteroatoms. The van der Waals surface area contributed by atoms with E-state index in [1.165, 1.54) is 12.1 Å². The second-order valence-corrected chi connectivity index (χ2v) is 3.32. The maximum Gasteiger partial charge on any atom is 0.371 e. The van der Waals surface area contributed by atoms with Gasteiger partial charge >= 0.3 is 5.97 Å². The van der Waals surface area contributed by atoms with Gasteiger partial charge in [-0.2, -0.15) is 0 Å². The summed E-state index contributed by atoms with van der Waals surface area (Å²) in [6.45, 7) is 0.661. The minimum atomic E-state index is -1.12. The number of aliphatic hydroxyl groups excluding tert-OH is 1. The first-order valence-corrected chi connectivity index (χ1v) is 4.52. The smallest absolute Gasteiger partial charge is 0.371 e. The number of hydrogen-bond donors (Lipinski definition) is 3. The molecule has 1 fully saturated rings. The average Bonchev–Trinajstić information content (AvgIpc) is 2.77. The summed E-state index contributed by atoms with van der Waals surface area (Å²) in [4.78, 5) is 10.5. The van der Waals surface area contributed by atoms with Crippen LogP contribution >= 0.6 is 0 Å². The van der Waals surface area contributed by atoms with Crippen LogP contribution in [-0.2, 0) is 4.74 Å². The Morgan fingerprint density at radius 2 is 2.27 bits per heavy atom. The van der Waals surface area contributed by atoms with Gasteiger partial charge in [0, 0.05) is 6.07 Å². The first kappa shape index (κ1) is 10.0. The number of anilines is 1. The summed E-state index contributed by atoms with van der Waals surface area (Å²) in [6, 6.07) is 2.61. The third-order valence-electron chi connectivity index (χ3n) is 2.19. The second-order valence-electron chi connectivity index (χ2n) is 3.32. The molecule has 3 N–H and O–H groups in total. The molecule has 0 saturated carbocycles. The van der Waals surface area contributed by atoms with Crippen LogP contribution in [0.5, 0.6) is 0 Å². The van der Waals surface area contributed by atoms with Crippen LogP contribution in [0.4, 0.5) is 5.88 Å². The molecule has 2 heterocycles. The Balaban J connectivity index is 2.01. The van der Waals surface area contributed by atoms with Crippen LogP contribution in [-0.4, -0.2) is 41.5 Å². The molecule has 0 radical (unpaired) electrons. The number of nitrogens with one attached hydrogen (secondary N) is 1. The summed E-state index contributed by atoms with van der Waals surface area (Å²) >= 11 is 0. The zero-order chi connectivity index (χ0) is 10.8. The Morgan fingerprint density at radius 3 is 2.80 bits per heavy atom. The van der Waals surface area contributed by atoms with Crippen LogP contribution in [0.15, 0.2) is 16.5 Å². The summed E-state index contributed by atoms with van der Waals surface area (Å²) in [6.07, 6.45) is -0.594. The minimum absolute atomic E-state index is 0.133. The Morgan fingerprint density at radius 1 is 1.47 bits per heavy atom. The van der Waals surface area contributed by atoms with Gasteiger partial charge in [0.15, 0.2) is 5.88 Å². The Labute approximate surface area is 85.5 Å². The molecule has 82 valence electrons. The van der Waals surface area contributed by atoms with Crippen molar-refractivity contribution in [3.63, 3.8) is 0 Å². The molecule has 2 rings (SSSR count). The first-order valence-electron chi connectivity index (χ1n) is 4.52. The fraction of sp³-hybridized carbons (Fsp3) is 0.444. The number of furan rings is 1. The fourth-order valence-electron chi connectivity index (χ4n) is 1.39. The van der Waals surface area contributed by atoms with Crippen LogP contribution < -0.4 is 5.32 Å². The first-order chi connectivity index (χ1) is 7.16. The van der Waals surface area contributed by atoms with Gasteiger partial charge in [0.2, 0.25) is 5.76 Å². The summed E-state index contributed by atoms with van der Waals surface area (Å²) < 4.78 is 10.0. The summed E-state index contributed by atoms with van der Waals surface area (Å²) in [5, 5.41) is 20.9. The van der Waals surface area contributed by atoms with Crippen LogP contribution in [0.25, 0.3) is 0 Å². The number of ether oxygens (including phenoxy) is 1. The number of hydrogen-bond acceptors (Lipinski definition) is 5. The van der Waals surface area contributed by atoms with Crippen LogP contribution in [0, 0.1) is 0 Å². The number of aliphatic hydroxyl groups is 1. The molecule has 15 heavy (non-hydrogen) atoms. The van der Waals surface area contributed by atoms with Gasteiger partial charge in [0.05, 0.1) is 25.4 Å². The summed E-state index contributed by atoms with van der Waals surface area (Å²) in [5.41, 5.74) is 0. The third kappa shape index (κ3) is 2.11. The largest absolute Gasteiger partial charge is 0.475 e. The van der Waals surface area contributed by atoms with Crippen molar-refractivity contribution in [2.45, 2.75) is 12.1 Å². The highest BCUT2D eigenvalue weighted by molar-refractivity contribution is 5.84. The van der Waals surface area contributed by atoms with E-state index in [1.54, 1.807) is 0 Å². The Hall–Kier alpha value is -1.53. The van der Waals surface area contributed by atoms with E-state index in [4.69, 9.17) is 14.3 Å². The van der Waals surface area contributed by atoms with Crippen LogP contribution in [0.3, 0.4) is 0 Å². The minimum Gasteiger partial charge on any atom is -0.475 e. The quantitative estimate of drug-likeness (QED) is 0.662. The van der Waals surface area contributed by atoms with Crippen molar-refractivity contribution in [3.8, 4) is 0 Å². The highest BCUT2D eigenvalue weighted by Gasteiger charge is 2.26. The lowest BCUT2D eigenvalue weighted by molar-refractivity contribution is 0.0663. The topological polar surface area (TPSA) is 91.9 Å². The summed E-state index contributed by atoms with van der Waals surface area (Å²) in [7, 11) is 0. The standard InChI is InChI=1S/C9H11NO5/c11-6-4-14-3-5(6)10-8-2-1-7(15-8)9(12)13/h1-2,5-6,10-11H,3-4H2,(H,12,13). The number of rotatable bonds is 3. The van der Waals surface area contributed by atoms with Gasteiger partial charge in [-0.1, -0.05) is 0 Å². The maximum absolute atomic E-state index is 10.5. The van der Waals surface area contributed by atoms with Gasteiger partial charge in [-0.3, -0.25) is 0 Å². The van der Waals surface area contributed by atoms with Crippen LogP contribution in [0.1, 0.15) is 10.6 Å². The SMILES string of the molecule is O=C(O)c1ccc(NC2COCC2O)o1. The van der Waals surface area contributed by atoms with E-state index in [2.05, 4.69) is 5.32 Å². The predicted molar refractivity (Wildman–Crippen MR) is 49.9 cm³/mol.